The van der Waals surface area contributed by atoms with Crippen LogP contribution in [0.4, 0.5) is 0 Å². The molecule has 2 atom stereocenters. The lowest BCUT2D eigenvalue weighted by Gasteiger charge is -2.22. The number of rotatable bonds is 11. The second kappa shape index (κ2) is 11.5. The maximum Gasteiger partial charge on any atom is 0.308 e. The van der Waals surface area contributed by atoms with E-state index in [0.717, 1.165) is 5.57 Å². The highest BCUT2D eigenvalue weighted by Gasteiger charge is 2.22. The van der Waals surface area contributed by atoms with Gasteiger partial charge in [-0.05, 0) is 26.7 Å². The van der Waals surface area contributed by atoms with Crippen LogP contribution in [0.15, 0.2) is 24.3 Å². The summed E-state index contributed by atoms with van der Waals surface area (Å²) in [7, 11) is 0. The first-order valence-corrected chi connectivity index (χ1v) is 7.78. The summed E-state index contributed by atoms with van der Waals surface area (Å²) in [6, 6.07) is -0.292. The zero-order chi connectivity index (χ0) is 17.8. The molecule has 0 aromatic heterocycles. The topological polar surface area (TPSA) is 92.7 Å². The van der Waals surface area contributed by atoms with E-state index in [4.69, 9.17) is 9.84 Å². The Hall–Kier alpha value is -2.11. The number of carboxylic acids is 1. The fraction of sp³-hybridized carbons (Fsp3) is 0.588. The highest BCUT2D eigenvalue weighted by atomic mass is 16.5. The van der Waals surface area contributed by atoms with Crippen LogP contribution in [0.5, 0.6) is 0 Å². The maximum absolute atomic E-state index is 11.8. The van der Waals surface area contributed by atoms with E-state index >= 15 is 0 Å². The first-order chi connectivity index (χ1) is 10.8. The molecular formula is C17H27NO5. The molecule has 0 radical (unpaired) electrons. The molecular weight excluding hydrogens is 298 g/mol. The van der Waals surface area contributed by atoms with Gasteiger partial charge >= 0.3 is 11.9 Å². The lowest BCUT2D eigenvalue weighted by Crippen LogP contribution is -2.37. The van der Waals surface area contributed by atoms with E-state index in [1.165, 1.54) is 0 Å². The van der Waals surface area contributed by atoms with Crippen LogP contribution in [0.25, 0.3) is 0 Å². The SMILES string of the molecule is C=C(/C=C\C)C[C@H](C[C@@H](C)C(=O)OCC)NC(=O)CCC(=O)O. The predicted octanol–water partition coefficient (Wildman–Crippen LogP) is 2.45. The maximum atomic E-state index is 11.8. The van der Waals surface area contributed by atoms with Gasteiger partial charge in [-0.2, -0.15) is 0 Å². The van der Waals surface area contributed by atoms with Crippen molar-refractivity contribution >= 4 is 17.8 Å². The average Bonchev–Trinajstić information content (AvgIpc) is 2.45. The Labute approximate surface area is 137 Å². The normalized spacial score (nSPS) is 13.3. The summed E-state index contributed by atoms with van der Waals surface area (Å²) in [4.78, 5) is 34.1. The van der Waals surface area contributed by atoms with Crippen molar-refractivity contribution in [1.29, 1.82) is 0 Å². The molecule has 2 N–H and O–H groups in total. The Morgan fingerprint density at radius 1 is 1.30 bits per heavy atom. The molecule has 0 saturated heterocycles. The smallest absolute Gasteiger partial charge is 0.308 e. The van der Waals surface area contributed by atoms with Gasteiger partial charge < -0.3 is 15.2 Å². The highest BCUT2D eigenvalue weighted by molar-refractivity contribution is 5.81. The first kappa shape index (κ1) is 20.9. The average molecular weight is 325 g/mol. The van der Waals surface area contributed by atoms with Gasteiger partial charge in [0.1, 0.15) is 0 Å². The number of allylic oxidation sites excluding steroid dienone is 2. The third-order valence-corrected chi connectivity index (χ3v) is 3.17. The van der Waals surface area contributed by atoms with Crippen LogP contribution in [0.3, 0.4) is 0 Å². The lowest BCUT2D eigenvalue weighted by atomic mass is 9.96. The van der Waals surface area contributed by atoms with Crippen LogP contribution in [-0.4, -0.2) is 35.6 Å². The molecule has 0 bridgehead atoms. The molecule has 0 aromatic rings. The van der Waals surface area contributed by atoms with Crippen molar-refractivity contribution < 1.29 is 24.2 Å². The molecule has 6 heteroatoms. The van der Waals surface area contributed by atoms with Gasteiger partial charge in [-0.25, -0.2) is 0 Å². The Kier molecular flexibility index (Phi) is 10.4. The van der Waals surface area contributed by atoms with E-state index in [2.05, 4.69) is 11.9 Å². The molecule has 0 spiro atoms. The molecule has 23 heavy (non-hydrogen) atoms. The van der Waals surface area contributed by atoms with Gasteiger partial charge in [-0.1, -0.05) is 31.2 Å². The van der Waals surface area contributed by atoms with Crippen molar-refractivity contribution in [1.82, 2.24) is 5.32 Å². The molecule has 0 aliphatic rings. The van der Waals surface area contributed by atoms with Gasteiger partial charge in [0.05, 0.1) is 18.9 Å². The van der Waals surface area contributed by atoms with Crippen molar-refractivity contribution in [3.05, 3.63) is 24.3 Å². The largest absolute Gasteiger partial charge is 0.481 e. The minimum atomic E-state index is -1.02. The third kappa shape index (κ3) is 10.3. The van der Waals surface area contributed by atoms with Crippen molar-refractivity contribution in [3.8, 4) is 0 Å². The number of hydrogen-bond donors (Lipinski definition) is 2. The number of hydrogen-bond acceptors (Lipinski definition) is 4. The molecule has 0 saturated carbocycles. The summed E-state index contributed by atoms with van der Waals surface area (Å²) in [5.41, 5.74) is 0.826. The summed E-state index contributed by atoms with van der Waals surface area (Å²) in [5.74, 6) is -2.04. The quantitative estimate of drug-likeness (QED) is 0.449. The van der Waals surface area contributed by atoms with Gasteiger partial charge in [0.2, 0.25) is 5.91 Å². The molecule has 0 unspecified atom stereocenters. The number of carbonyl (C=O) groups excluding carboxylic acids is 2. The highest BCUT2D eigenvalue weighted by Crippen LogP contribution is 2.15. The molecule has 0 rings (SSSR count). The van der Waals surface area contributed by atoms with E-state index < -0.39 is 5.97 Å². The summed E-state index contributed by atoms with van der Waals surface area (Å²) in [6.07, 6.45) is 4.28. The van der Waals surface area contributed by atoms with Crippen molar-refractivity contribution in [2.45, 2.75) is 52.5 Å². The van der Waals surface area contributed by atoms with Gasteiger partial charge in [-0.15, -0.1) is 0 Å². The van der Waals surface area contributed by atoms with Crippen molar-refractivity contribution in [2.75, 3.05) is 6.61 Å². The number of esters is 1. The molecule has 0 aromatic carbocycles. The van der Waals surface area contributed by atoms with E-state index in [0.29, 0.717) is 19.4 Å². The molecule has 0 fully saturated rings. The number of ether oxygens (including phenoxy) is 1. The van der Waals surface area contributed by atoms with Crippen LogP contribution in [0, 0.1) is 5.92 Å². The van der Waals surface area contributed by atoms with Crippen LogP contribution < -0.4 is 5.32 Å². The van der Waals surface area contributed by atoms with E-state index in [1.807, 2.05) is 19.1 Å². The van der Waals surface area contributed by atoms with Crippen molar-refractivity contribution in [2.24, 2.45) is 5.92 Å². The molecule has 130 valence electrons. The van der Waals surface area contributed by atoms with Gasteiger partial charge in [0.25, 0.3) is 0 Å². The van der Waals surface area contributed by atoms with E-state index in [1.54, 1.807) is 13.8 Å². The predicted molar refractivity (Wildman–Crippen MR) is 87.8 cm³/mol. The lowest BCUT2D eigenvalue weighted by molar-refractivity contribution is -0.148. The number of carbonyl (C=O) groups is 3. The number of nitrogens with one attached hydrogen (secondary N) is 1. The summed E-state index contributed by atoms with van der Waals surface area (Å²) >= 11 is 0. The standard InChI is InChI=1S/C17H27NO5/c1-5-7-12(3)10-14(11-13(4)17(22)23-6-2)18-15(19)8-9-16(20)21/h5,7,13-14H,3,6,8-11H2,1-2,4H3,(H,18,19)(H,20,21)/b7-5-/t13-,14-/m1/s1. The second-order valence-electron chi connectivity index (χ2n) is 5.41. The Bertz CT molecular complexity index is 456. The number of aliphatic carboxylic acids is 1. The zero-order valence-electron chi connectivity index (χ0n) is 14.1. The Morgan fingerprint density at radius 2 is 1.96 bits per heavy atom. The van der Waals surface area contributed by atoms with Gasteiger partial charge in [0.15, 0.2) is 0 Å². The van der Waals surface area contributed by atoms with Gasteiger partial charge in [-0.3, -0.25) is 14.4 Å². The number of amides is 1. The number of carboxylic acid groups (broad SMARTS) is 1. The summed E-state index contributed by atoms with van der Waals surface area (Å²) in [6.45, 7) is 9.57. The molecule has 6 nitrogen and oxygen atoms in total. The second-order valence-corrected chi connectivity index (χ2v) is 5.41. The molecule has 0 heterocycles. The fourth-order valence-electron chi connectivity index (χ4n) is 2.14. The Morgan fingerprint density at radius 3 is 2.48 bits per heavy atom. The first-order valence-electron chi connectivity index (χ1n) is 7.78. The van der Waals surface area contributed by atoms with Gasteiger partial charge in [0, 0.05) is 12.5 Å². The monoisotopic (exact) mass is 325 g/mol. The summed E-state index contributed by atoms with van der Waals surface area (Å²) < 4.78 is 4.98. The zero-order valence-corrected chi connectivity index (χ0v) is 14.1. The van der Waals surface area contributed by atoms with Crippen LogP contribution in [-0.2, 0) is 19.1 Å². The van der Waals surface area contributed by atoms with Crippen molar-refractivity contribution in [3.63, 3.8) is 0 Å². The summed E-state index contributed by atoms with van der Waals surface area (Å²) in [5, 5.41) is 11.4. The molecule has 1 amide bonds. The molecule has 0 aliphatic carbocycles. The van der Waals surface area contributed by atoms with E-state index in [-0.39, 0.29) is 36.7 Å². The minimum Gasteiger partial charge on any atom is -0.481 e. The minimum absolute atomic E-state index is 0.0876. The molecule has 0 aliphatic heterocycles. The fourth-order valence-corrected chi connectivity index (χ4v) is 2.14. The van der Waals surface area contributed by atoms with Crippen LogP contribution in [0.2, 0.25) is 0 Å². The third-order valence-electron chi connectivity index (χ3n) is 3.17. The van der Waals surface area contributed by atoms with Crippen LogP contribution >= 0.6 is 0 Å². The van der Waals surface area contributed by atoms with E-state index in [9.17, 15) is 14.4 Å². The van der Waals surface area contributed by atoms with Crippen LogP contribution in [0.1, 0.15) is 46.5 Å². The Balaban J connectivity index is 4.73.